The van der Waals surface area contributed by atoms with E-state index in [-0.39, 0.29) is 17.2 Å². The topological polar surface area (TPSA) is 63.7 Å². The lowest BCUT2D eigenvalue weighted by Gasteiger charge is -2.33. The van der Waals surface area contributed by atoms with Gasteiger partial charge in [0.15, 0.2) is 11.5 Å². The molecule has 1 atom stereocenters. The zero-order valence-corrected chi connectivity index (χ0v) is 19.0. The Morgan fingerprint density at radius 3 is 2.81 bits per heavy atom. The lowest BCUT2D eigenvalue weighted by atomic mass is 9.90. The third-order valence-electron chi connectivity index (χ3n) is 7.13. The van der Waals surface area contributed by atoms with Crippen LogP contribution < -0.4 is 14.8 Å². The summed E-state index contributed by atoms with van der Waals surface area (Å²) in [5.41, 5.74) is 3.26. The fourth-order valence-corrected chi connectivity index (χ4v) is 6.03. The van der Waals surface area contributed by atoms with Crippen LogP contribution in [0.3, 0.4) is 0 Å². The van der Waals surface area contributed by atoms with Crippen LogP contribution in [0, 0.1) is 18.3 Å². The molecule has 3 aromatic rings. The molecule has 2 aliphatic heterocycles. The first-order valence-electron chi connectivity index (χ1n) is 11.4. The Kier molecular flexibility index (Phi) is 4.84. The van der Waals surface area contributed by atoms with Gasteiger partial charge in [-0.2, -0.15) is 0 Å². The van der Waals surface area contributed by atoms with E-state index in [1.807, 2.05) is 25.1 Å². The Labute approximate surface area is 191 Å². The minimum Gasteiger partial charge on any atom is -0.486 e. The number of aromatic nitrogens is 1. The monoisotopic (exact) mass is 449 g/mol. The van der Waals surface area contributed by atoms with Crippen LogP contribution in [0.25, 0.3) is 10.2 Å². The molecule has 1 N–H and O–H groups in total. The fraction of sp³-hybridized carbons (Fsp3) is 0.440. The van der Waals surface area contributed by atoms with E-state index < -0.39 is 0 Å². The first-order chi connectivity index (χ1) is 15.6. The second kappa shape index (κ2) is 7.74. The number of nitrogens with zero attached hydrogens (tertiary/aromatic N) is 2. The maximum atomic E-state index is 12.9. The fourth-order valence-electron chi connectivity index (χ4n) is 5.22. The van der Waals surface area contributed by atoms with Gasteiger partial charge in [-0.05, 0) is 80.6 Å². The van der Waals surface area contributed by atoms with Crippen LogP contribution in [-0.2, 0) is 11.3 Å². The molecule has 7 heteroatoms. The highest BCUT2D eigenvalue weighted by Gasteiger charge is 2.58. The predicted octanol–water partition coefficient (Wildman–Crippen LogP) is 4.62. The van der Waals surface area contributed by atoms with Crippen LogP contribution in [0.4, 0.5) is 5.69 Å². The van der Waals surface area contributed by atoms with Crippen molar-refractivity contribution in [3.05, 3.63) is 47.0 Å². The van der Waals surface area contributed by atoms with Crippen LogP contribution >= 0.6 is 11.3 Å². The Balaban J connectivity index is 1.04. The van der Waals surface area contributed by atoms with Gasteiger partial charge < -0.3 is 14.8 Å². The molecule has 1 amide bonds. The number of likely N-dealkylation sites (tertiary alicyclic amines) is 1. The van der Waals surface area contributed by atoms with Gasteiger partial charge in [-0.3, -0.25) is 9.69 Å². The van der Waals surface area contributed by atoms with Gasteiger partial charge in [-0.25, -0.2) is 4.98 Å². The zero-order valence-electron chi connectivity index (χ0n) is 18.2. The highest BCUT2D eigenvalue weighted by Crippen LogP contribution is 2.59. The molecule has 1 saturated heterocycles. The van der Waals surface area contributed by atoms with Gasteiger partial charge in [-0.1, -0.05) is 6.07 Å². The van der Waals surface area contributed by atoms with Crippen molar-refractivity contribution in [2.24, 2.45) is 11.3 Å². The maximum absolute atomic E-state index is 12.9. The second-order valence-corrected chi connectivity index (χ2v) is 10.5. The Morgan fingerprint density at radius 1 is 1.16 bits per heavy atom. The summed E-state index contributed by atoms with van der Waals surface area (Å²) in [5.74, 6) is 1.99. The number of carbonyl (C=O) groups excluding carboxylic acids is 1. The van der Waals surface area contributed by atoms with E-state index in [0.717, 1.165) is 71.3 Å². The molecule has 2 aromatic carbocycles. The third kappa shape index (κ3) is 3.73. The zero-order chi connectivity index (χ0) is 21.7. The van der Waals surface area contributed by atoms with E-state index in [9.17, 15) is 4.79 Å². The number of hydrogen-bond acceptors (Lipinski definition) is 6. The summed E-state index contributed by atoms with van der Waals surface area (Å²) in [7, 11) is 0. The number of ether oxygens (including phenoxy) is 2. The highest BCUT2D eigenvalue weighted by molar-refractivity contribution is 7.18. The smallest absolute Gasteiger partial charge is 0.228 e. The van der Waals surface area contributed by atoms with Crippen LogP contribution in [-0.4, -0.2) is 42.1 Å². The molecule has 2 fully saturated rings. The highest BCUT2D eigenvalue weighted by atomic mass is 32.1. The summed E-state index contributed by atoms with van der Waals surface area (Å²) in [6.07, 6.45) is 3.18. The van der Waals surface area contributed by atoms with E-state index in [1.54, 1.807) is 11.3 Å². The Bertz CT molecular complexity index is 1180. The number of hydrogen-bond donors (Lipinski definition) is 1. The quantitative estimate of drug-likeness (QED) is 0.630. The largest absolute Gasteiger partial charge is 0.486 e. The van der Waals surface area contributed by atoms with Crippen molar-refractivity contribution in [1.82, 2.24) is 9.88 Å². The number of anilines is 1. The number of aryl methyl sites for hydroxylation is 1. The van der Waals surface area contributed by atoms with E-state index >= 15 is 0 Å². The molecule has 1 spiro atoms. The SMILES string of the molecule is Cc1nc2cc(NC(=O)C3CC34CCN(Cc3ccc5c(c3)OCCO5)CC4)ccc2s1. The number of carbonyl (C=O) groups is 1. The average Bonchev–Trinajstić information content (AvgIpc) is 3.37. The van der Waals surface area contributed by atoms with Gasteiger partial charge in [0.2, 0.25) is 5.91 Å². The van der Waals surface area contributed by atoms with Gasteiger partial charge in [0, 0.05) is 18.2 Å². The van der Waals surface area contributed by atoms with Gasteiger partial charge in [-0.15, -0.1) is 11.3 Å². The van der Waals surface area contributed by atoms with Gasteiger partial charge >= 0.3 is 0 Å². The lowest BCUT2D eigenvalue weighted by Crippen LogP contribution is -2.35. The predicted molar refractivity (Wildman–Crippen MR) is 125 cm³/mol. The molecule has 1 aromatic heterocycles. The third-order valence-corrected chi connectivity index (χ3v) is 8.08. The summed E-state index contributed by atoms with van der Waals surface area (Å²) < 4.78 is 12.5. The van der Waals surface area contributed by atoms with Crippen molar-refractivity contribution < 1.29 is 14.3 Å². The van der Waals surface area contributed by atoms with Crippen LogP contribution in [0.5, 0.6) is 11.5 Å². The Morgan fingerprint density at radius 2 is 1.97 bits per heavy atom. The first-order valence-corrected chi connectivity index (χ1v) is 12.2. The number of nitrogens with one attached hydrogen (secondary N) is 1. The standard InChI is InChI=1S/C25H27N3O3S/c1-16-26-20-13-18(3-5-23(20)32-16)27-24(29)19-14-25(19)6-8-28(9-7-25)15-17-2-4-21-22(12-17)31-11-10-30-21/h2-5,12-13,19H,6-11,14-15H2,1H3,(H,27,29). The van der Waals surface area contributed by atoms with Gasteiger partial charge in [0.05, 0.1) is 15.2 Å². The summed E-state index contributed by atoms with van der Waals surface area (Å²) in [5, 5.41) is 4.19. The molecule has 1 saturated carbocycles. The molecule has 0 radical (unpaired) electrons. The van der Waals surface area contributed by atoms with Crippen molar-refractivity contribution in [3.8, 4) is 11.5 Å². The minimum atomic E-state index is 0.131. The van der Waals surface area contributed by atoms with Crippen LogP contribution in [0.15, 0.2) is 36.4 Å². The van der Waals surface area contributed by atoms with Crippen LogP contribution in [0.2, 0.25) is 0 Å². The summed E-state index contributed by atoms with van der Waals surface area (Å²) in [4.78, 5) is 20.0. The summed E-state index contributed by atoms with van der Waals surface area (Å²) in [6, 6.07) is 12.3. The number of fused-ring (bicyclic) bond motifs is 2. The molecule has 3 aliphatic rings. The second-order valence-electron chi connectivity index (χ2n) is 9.28. The molecule has 3 heterocycles. The molecule has 1 unspecified atom stereocenters. The number of thiazole rings is 1. The maximum Gasteiger partial charge on any atom is 0.228 e. The molecule has 32 heavy (non-hydrogen) atoms. The number of benzene rings is 2. The van der Waals surface area contributed by atoms with Gasteiger partial charge in [0.1, 0.15) is 13.2 Å². The van der Waals surface area contributed by atoms with Crippen LogP contribution in [0.1, 0.15) is 29.8 Å². The van der Waals surface area contributed by atoms with E-state index in [4.69, 9.17) is 9.47 Å². The molecule has 6 rings (SSSR count). The van der Waals surface area contributed by atoms with Crippen molar-refractivity contribution in [2.45, 2.75) is 32.7 Å². The summed E-state index contributed by atoms with van der Waals surface area (Å²) in [6.45, 7) is 6.22. The molecule has 0 bridgehead atoms. The van der Waals surface area contributed by atoms with E-state index in [0.29, 0.717) is 13.2 Å². The van der Waals surface area contributed by atoms with E-state index in [1.165, 1.54) is 5.56 Å². The molecular formula is C25H27N3O3S. The molecule has 166 valence electrons. The normalized spacial score (nSPS) is 21.6. The molecule has 1 aliphatic carbocycles. The number of amides is 1. The minimum absolute atomic E-state index is 0.131. The average molecular weight is 450 g/mol. The lowest BCUT2D eigenvalue weighted by molar-refractivity contribution is -0.118. The summed E-state index contributed by atoms with van der Waals surface area (Å²) >= 11 is 1.68. The van der Waals surface area contributed by atoms with E-state index in [2.05, 4.69) is 33.4 Å². The number of rotatable bonds is 4. The van der Waals surface area contributed by atoms with Crippen molar-refractivity contribution in [3.63, 3.8) is 0 Å². The number of piperidine rings is 1. The molecule has 6 nitrogen and oxygen atoms in total. The first kappa shape index (κ1) is 20.0. The van der Waals surface area contributed by atoms with Crippen molar-refractivity contribution in [1.29, 1.82) is 0 Å². The van der Waals surface area contributed by atoms with Gasteiger partial charge in [0.25, 0.3) is 0 Å². The van der Waals surface area contributed by atoms with Crippen molar-refractivity contribution >= 4 is 33.1 Å². The molecular weight excluding hydrogens is 422 g/mol. The van der Waals surface area contributed by atoms with Crippen molar-refractivity contribution in [2.75, 3.05) is 31.6 Å². The Hall–Kier alpha value is -2.64.